The molecule has 192 valence electrons. The Morgan fingerprint density at radius 3 is 2.38 bits per heavy atom. The van der Waals surface area contributed by atoms with Crippen molar-refractivity contribution < 1.29 is 28.9 Å². The molecule has 0 aliphatic carbocycles. The summed E-state index contributed by atoms with van der Waals surface area (Å²) < 4.78 is 16.9. The van der Waals surface area contributed by atoms with Crippen LogP contribution in [-0.4, -0.2) is 36.6 Å². The molecular formula is C30H31NO6. The normalized spacial score (nSPS) is 16.8. The minimum atomic E-state index is -0.883. The maximum absolute atomic E-state index is 13.5. The highest BCUT2D eigenvalue weighted by molar-refractivity contribution is 6.51. The molecule has 1 amide bonds. The van der Waals surface area contributed by atoms with Crippen molar-refractivity contribution in [1.82, 2.24) is 0 Å². The molecule has 1 saturated heterocycles. The molecule has 0 spiro atoms. The summed E-state index contributed by atoms with van der Waals surface area (Å²) in [6.45, 7) is 6.33. The molecule has 1 aliphatic heterocycles. The minimum absolute atomic E-state index is 0.0140. The van der Waals surface area contributed by atoms with Crippen LogP contribution in [0.25, 0.3) is 5.76 Å². The molecule has 0 radical (unpaired) electrons. The van der Waals surface area contributed by atoms with Gasteiger partial charge in [0.1, 0.15) is 23.0 Å². The smallest absolute Gasteiger partial charge is 0.300 e. The number of rotatable bonds is 9. The molecule has 7 heteroatoms. The molecule has 37 heavy (non-hydrogen) atoms. The van der Waals surface area contributed by atoms with Crippen LogP contribution >= 0.6 is 0 Å². The van der Waals surface area contributed by atoms with Crippen LogP contribution in [0.4, 0.5) is 5.69 Å². The average molecular weight is 502 g/mol. The quantitative estimate of drug-likeness (QED) is 0.223. The van der Waals surface area contributed by atoms with E-state index in [0.717, 1.165) is 6.42 Å². The first-order valence-corrected chi connectivity index (χ1v) is 12.3. The van der Waals surface area contributed by atoms with Crippen LogP contribution in [0.15, 0.2) is 78.4 Å². The molecule has 0 bridgehead atoms. The highest BCUT2D eigenvalue weighted by Gasteiger charge is 2.47. The molecule has 4 rings (SSSR count). The third-order valence-corrected chi connectivity index (χ3v) is 5.90. The molecule has 1 heterocycles. The van der Waals surface area contributed by atoms with Crippen molar-refractivity contribution in [2.24, 2.45) is 0 Å². The van der Waals surface area contributed by atoms with Crippen LogP contribution < -0.4 is 19.1 Å². The van der Waals surface area contributed by atoms with E-state index in [9.17, 15) is 14.7 Å². The topological polar surface area (TPSA) is 85.3 Å². The number of anilines is 1. The fourth-order valence-electron chi connectivity index (χ4n) is 4.31. The third kappa shape index (κ3) is 5.45. The predicted octanol–water partition coefficient (Wildman–Crippen LogP) is 5.90. The fraction of sp³-hybridized carbons (Fsp3) is 0.267. The van der Waals surface area contributed by atoms with Crippen molar-refractivity contribution in [3.05, 3.63) is 89.5 Å². The first-order valence-electron chi connectivity index (χ1n) is 12.3. The maximum atomic E-state index is 13.5. The number of aliphatic hydroxyl groups excluding tert-OH is 1. The summed E-state index contributed by atoms with van der Waals surface area (Å²) in [5.74, 6) is -0.0927. The molecule has 1 atom stereocenters. The van der Waals surface area contributed by atoms with Gasteiger partial charge < -0.3 is 19.3 Å². The molecule has 1 N–H and O–H groups in total. The van der Waals surface area contributed by atoms with Crippen molar-refractivity contribution in [2.45, 2.75) is 39.3 Å². The molecule has 1 aliphatic rings. The molecular weight excluding hydrogens is 470 g/mol. The number of carbonyl (C=O) groups is 2. The predicted molar refractivity (Wildman–Crippen MR) is 142 cm³/mol. The Hall–Kier alpha value is -4.26. The van der Waals surface area contributed by atoms with Crippen LogP contribution in [0.1, 0.15) is 44.4 Å². The summed E-state index contributed by atoms with van der Waals surface area (Å²) in [6.07, 6.45) is 0.764. The van der Waals surface area contributed by atoms with Gasteiger partial charge in [-0.05, 0) is 62.2 Å². The van der Waals surface area contributed by atoms with Crippen molar-refractivity contribution in [1.29, 1.82) is 0 Å². The lowest BCUT2D eigenvalue weighted by Gasteiger charge is -2.26. The molecule has 3 aromatic carbocycles. The summed E-state index contributed by atoms with van der Waals surface area (Å²) in [7, 11) is 1.55. The average Bonchev–Trinajstić information content (AvgIpc) is 3.17. The van der Waals surface area contributed by atoms with Crippen LogP contribution in [0.2, 0.25) is 0 Å². The van der Waals surface area contributed by atoms with Gasteiger partial charge in [-0.1, -0.05) is 37.3 Å². The van der Waals surface area contributed by atoms with Gasteiger partial charge >= 0.3 is 0 Å². The molecule has 0 saturated carbocycles. The molecule has 1 unspecified atom stereocenters. The number of hydrogen-bond donors (Lipinski definition) is 1. The summed E-state index contributed by atoms with van der Waals surface area (Å²) >= 11 is 0. The lowest BCUT2D eigenvalue weighted by molar-refractivity contribution is -0.132. The van der Waals surface area contributed by atoms with E-state index < -0.39 is 17.7 Å². The Morgan fingerprint density at radius 2 is 1.65 bits per heavy atom. The van der Waals surface area contributed by atoms with Crippen LogP contribution in [0.3, 0.4) is 0 Å². The highest BCUT2D eigenvalue weighted by atomic mass is 16.5. The summed E-state index contributed by atoms with van der Waals surface area (Å²) in [4.78, 5) is 28.3. The van der Waals surface area contributed by atoms with Gasteiger partial charge in [-0.25, -0.2) is 0 Å². The fourth-order valence-corrected chi connectivity index (χ4v) is 4.31. The van der Waals surface area contributed by atoms with E-state index in [1.54, 1.807) is 79.9 Å². The second-order valence-electron chi connectivity index (χ2n) is 8.99. The number of hydrogen-bond acceptors (Lipinski definition) is 6. The molecule has 1 fully saturated rings. The zero-order chi connectivity index (χ0) is 26.5. The number of nitrogens with zero attached hydrogens (tertiary/aromatic N) is 1. The van der Waals surface area contributed by atoms with Gasteiger partial charge in [0.25, 0.3) is 11.7 Å². The van der Waals surface area contributed by atoms with E-state index >= 15 is 0 Å². The van der Waals surface area contributed by atoms with Crippen LogP contribution in [0, 0.1) is 0 Å². The van der Waals surface area contributed by atoms with E-state index in [4.69, 9.17) is 14.2 Å². The van der Waals surface area contributed by atoms with Gasteiger partial charge in [-0.2, -0.15) is 0 Å². The van der Waals surface area contributed by atoms with Gasteiger partial charge in [-0.3, -0.25) is 14.5 Å². The third-order valence-electron chi connectivity index (χ3n) is 5.90. The van der Waals surface area contributed by atoms with E-state index in [1.807, 2.05) is 20.8 Å². The van der Waals surface area contributed by atoms with Crippen LogP contribution in [-0.2, 0) is 9.59 Å². The zero-order valence-corrected chi connectivity index (χ0v) is 21.4. The number of carbonyl (C=O) groups excluding carboxylic acids is 2. The zero-order valence-electron chi connectivity index (χ0n) is 21.4. The maximum Gasteiger partial charge on any atom is 0.300 e. The molecule has 3 aromatic rings. The Morgan fingerprint density at radius 1 is 0.946 bits per heavy atom. The Kier molecular flexibility index (Phi) is 7.82. The lowest BCUT2D eigenvalue weighted by atomic mass is 9.95. The van der Waals surface area contributed by atoms with E-state index in [0.29, 0.717) is 40.7 Å². The summed E-state index contributed by atoms with van der Waals surface area (Å²) in [6, 6.07) is 20.1. The van der Waals surface area contributed by atoms with Gasteiger partial charge in [0.15, 0.2) is 0 Å². The van der Waals surface area contributed by atoms with Crippen molar-refractivity contribution >= 4 is 23.1 Å². The molecule has 0 aromatic heterocycles. The largest absolute Gasteiger partial charge is 0.507 e. The van der Waals surface area contributed by atoms with E-state index in [2.05, 4.69) is 0 Å². The first kappa shape index (κ1) is 25.8. The minimum Gasteiger partial charge on any atom is -0.507 e. The SMILES string of the molecule is CCCOc1cccc(N2C(=O)C(=O)/C(=C(/O)c3cccc(OC(C)C)c3)C2c2cccc(OC)c2)c1. The van der Waals surface area contributed by atoms with Crippen LogP contribution in [0.5, 0.6) is 17.2 Å². The number of ketones is 1. The van der Waals surface area contributed by atoms with Crippen molar-refractivity contribution in [2.75, 3.05) is 18.6 Å². The monoisotopic (exact) mass is 501 g/mol. The van der Waals surface area contributed by atoms with Gasteiger partial charge in [0.2, 0.25) is 0 Å². The number of amides is 1. The van der Waals surface area contributed by atoms with Crippen molar-refractivity contribution in [3.8, 4) is 17.2 Å². The standard InChI is InChI=1S/C30H31NO6/c1-5-15-36-24-13-8-11-22(18-24)31-27(20-9-6-12-23(16-20)35-4)26(29(33)30(31)34)28(32)21-10-7-14-25(17-21)37-19(2)3/h6-14,16-19,27,32H,5,15H2,1-4H3/b28-26+. The number of benzene rings is 3. The number of ether oxygens (including phenoxy) is 3. The number of methoxy groups -OCH3 is 1. The molecule has 7 nitrogen and oxygen atoms in total. The second-order valence-corrected chi connectivity index (χ2v) is 8.99. The lowest BCUT2D eigenvalue weighted by Crippen LogP contribution is -2.29. The summed E-state index contributed by atoms with van der Waals surface area (Å²) in [5, 5.41) is 11.4. The summed E-state index contributed by atoms with van der Waals surface area (Å²) in [5.41, 5.74) is 1.47. The number of Topliss-reactive ketones (excluding diaryl/α,β-unsaturated/α-hetero) is 1. The van der Waals surface area contributed by atoms with Gasteiger partial charge in [0.05, 0.1) is 31.4 Å². The highest BCUT2D eigenvalue weighted by Crippen LogP contribution is 2.43. The number of aliphatic hydroxyl groups is 1. The van der Waals surface area contributed by atoms with Gasteiger partial charge in [0, 0.05) is 17.3 Å². The second kappa shape index (κ2) is 11.2. The first-order chi connectivity index (χ1) is 17.8. The Bertz CT molecular complexity index is 1330. The Labute approximate surface area is 216 Å². The van der Waals surface area contributed by atoms with Gasteiger partial charge in [-0.15, -0.1) is 0 Å². The van der Waals surface area contributed by atoms with E-state index in [1.165, 1.54) is 4.90 Å². The Balaban J connectivity index is 1.89. The van der Waals surface area contributed by atoms with E-state index in [-0.39, 0.29) is 17.4 Å². The van der Waals surface area contributed by atoms with Crippen molar-refractivity contribution in [3.63, 3.8) is 0 Å².